The van der Waals surface area contributed by atoms with Crippen molar-refractivity contribution in [1.82, 2.24) is 0 Å². The largest absolute Gasteiger partial charge is 0.448 e. The van der Waals surface area contributed by atoms with Crippen molar-refractivity contribution in [2.45, 2.75) is 26.2 Å². The molecule has 1 nitrogen and oxygen atoms in total. The fraction of sp³-hybridized carbons (Fsp3) is 0.833. The molecule has 0 heterocycles. The standard InChI is InChI=1S/C6H11F2O/c1-2-3-4-5-9-6(7)8/h2-5H2,1H3. The number of hydrogen-bond donors (Lipinski definition) is 0. The third kappa shape index (κ3) is 7.82. The molecule has 9 heavy (non-hydrogen) atoms. The molecule has 3 heteroatoms. The van der Waals surface area contributed by atoms with Crippen LogP contribution in [0.3, 0.4) is 0 Å². The summed E-state index contributed by atoms with van der Waals surface area (Å²) in [7, 11) is 0. The van der Waals surface area contributed by atoms with E-state index in [-0.39, 0.29) is 6.61 Å². The van der Waals surface area contributed by atoms with E-state index in [2.05, 4.69) is 4.74 Å². The maximum Gasteiger partial charge on any atom is 0.448 e. The molecule has 0 saturated carbocycles. The number of unbranched alkanes of at least 4 members (excludes halogenated alkanes) is 2. The monoisotopic (exact) mass is 137 g/mol. The third-order valence-corrected chi connectivity index (χ3v) is 0.959. The van der Waals surface area contributed by atoms with E-state index >= 15 is 0 Å². The van der Waals surface area contributed by atoms with E-state index < -0.39 is 6.61 Å². The molecule has 0 aromatic rings. The topological polar surface area (TPSA) is 9.23 Å². The normalized spacial score (nSPS) is 10.7. The van der Waals surface area contributed by atoms with Gasteiger partial charge in [0, 0.05) is 0 Å². The van der Waals surface area contributed by atoms with Gasteiger partial charge in [0.25, 0.3) is 0 Å². The Morgan fingerprint density at radius 2 is 2.00 bits per heavy atom. The summed E-state index contributed by atoms with van der Waals surface area (Å²) in [6.45, 7) is 0.234. The van der Waals surface area contributed by atoms with E-state index in [4.69, 9.17) is 0 Å². The van der Waals surface area contributed by atoms with Gasteiger partial charge >= 0.3 is 6.61 Å². The van der Waals surface area contributed by atoms with Crippen molar-refractivity contribution in [3.8, 4) is 0 Å². The number of hydrogen-bond acceptors (Lipinski definition) is 1. The van der Waals surface area contributed by atoms with Gasteiger partial charge in [0.2, 0.25) is 0 Å². The number of halogens is 2. The predicted molar refractivity (Wildman–Crippen MR) is 30.9 cm³/mol. The molecule has 0 aliphatic carbocycles. The Hall–Kier alpha value is -0.180. The molecule has 0 bridgehead atoms. The second-order valence-electron chi connectivity index (χ2n) is 1.78. The van der Waals surface area contributed by atoms with Crippen LogP contribution in [-0.2, 0) is 4.74 Å². The summed E-state index contributed by atoms with van der Waals surface area (Å²) < 4.78 is 26.2. The van der Waals surface area contributed by atoms with Gasteiger partial charge < -0.3 is 4.74 Å². The van der Waals surface area contributed by atoms with Crippen molar-refractivity contribution in [3.63, 3.8) is 0 Å². The summed E-state index contributed by atoms with van der Waals surface area (Å²) in [6, 6.07) is 0. The molecule has 0 aliphatic heterocycles. The van der Waals surface area contributed by atoms with Crippen molar-refractivity contribution in [3.05, 3.63) is 6.61 Å². The van der Waals surface area contributed by atoms with Gasteiger partial charge in [-0.05, 0) is 6.42 Å². The van der Waals surface area contributed by atoms with Crippen molar-refractivity contribution in [2.75, 3.05) is 6.61 Å². The molecule has 0 aromatic carbocycles. The van der Waals surface area contributed by atoms with E-state index in [9.17, 15) is 8.78 Å². The Balaban J connectivity index is 2.75. The first-order valence-electron chi connectivity index (χ1n) is 3.08. The molecule has 0 aliphatic rings. The fourth-order valence-corrected chi connectivity index (χ4v) is 0.501. The van der Waals surface area contributed by atoms with Gasteiger partial charge in [-0.1, -0.05) is 19.8 Å². The lowest BCUT2D eigenvalue weighted by atomic mass is 10.3. The van der Waals surface area contributed by atoms with Crippen LogP contribution in [0.15, 0.2) is 0 Å². The van der Waals surface area contributed by atoms with Crippen LogP contribution in [0.5, 0.6) is 0 Å². The van der Waals surface area contributed by atoms with Gasteiger partial charge in [0.1, 0.15) is 0 Å². The van der Waals surface area contributed by atoms with Crippen molar-refractivity contribution < 1.29 is 13.5 Å². The van der Waals surface area contributed by atoms with E-state index in [1.165, 1.54) is 0 Å². The minimum atomic E-state index is -1.92. The van der Waals surface area contributed by atoms with E-state index in [1.54, 1.807) is 0 Å². The maximum atomic E-state index is 11.2. The smallest absolute Gasteiger partial charge is 0.313 e. The zero-order valence-electron chi connectivity index (χ0n) is 5.49. The first-order chi connectivity index (χ1) is 4.27. The van der Waals surface area contributed by atoms with Crippen LogP contribution in [0.4, 0.5) is 8.78 Å². The molecule has 0 spiro atoms. The lowest BCUT2D eigenvalue weighted by Crippen LogP contribution is -1.93. The van der Waals surface area contributed by atoms with Crippen LogP contribution < -0.4 is 0 Å². The van der Waals surface area contributed by atoms with Crippen LogP contribution in [0.25, 0.3) is 0 Å². The van der Waals surface area contributed by atoms with E-state index in [0.29, 0.717) is 6.42 Å². The SMILES string of the molecule is CCCCCO[C](F)F. The molecule has 1 radical (unpaired) electrons. The molecular formula is C6H11F2O. The van der Waals surface area contributed by atoms with Gasteiger partial charge in [-0.3, -0.25) is 0 Å². The molecule has 0 atom stereocenters. The summed E-state index contributed by atoms with van der Waals surface area (Å²) in [5.41, 5.74) is 0. The Labute approximate surface area is 54.0 Å². The second kappa shape index (κ2) is 5.95. The molecule has 0 rings (SSSR count). The molecule has 0 unspecified atom stereocenters. The maximum absolute atomic E-state index is 11.2. The highest BCUT2D eigenvalue weighted by molar-refractivity contribution is 4.40. The van der Waals surface area contributed by atoms with Gasteiger partial charge in [-0.2, -0.15) is 8.78 Å². The van der Waals surface area contributed by atoms with Gasteiger partial charge in [-0.25, -0.2) is 0 Å². The Morgan fingerprint density at radius 1 is 1.33 bits per heavy atom. The van der Waals surface area contributed by atoms with Crippen molar-refractivity contribution in [2.24, 2.45) is 0 Å². The molecule has 0 fully saturated rings. The molecule has 55 valence electrons. The van der Waals surface area contributed by atoms with Crippen LogP contribution in [0.1, 0.15) is 26.2 Å². The lowest BCUT2D eigenvalue weighted by Gasteiger charge is -1.97. The van der Waals surface area contributed by atoms with Crippen LogP contribution in [-0.4, -0.2) is 6.61 Å². The van der Waals surface area contributed by atoms with Gasteiger partial charge in [0.15, 0.2) is 0 Å². The van der Waals surface area contributed by atoms with Crippen molar-refractivity contribution in [1.29, 1.82) is 0 Å². The average molecular weight is 137 g/mol. The van der Waals surface area contributed by atoms with Crippen LogP contribution in [0, 0.1) is 6.61 Å². The highest BCUT2D eigenvalue weighted by Crippen LogP contribution is 2.05. The number of ether oxygens (including phenoxy) is 1. The molecule has 0 aromatic heterocycles. The Bertz CT molecular complexity index is 57.0. The number of rotatable bonds is 5. The first kappa shape index (κ1) is 8.82. The highest BCUT2D eigenvalue weighted by Gasteiger charge is 2.02. The Morgan fingerprint density at radius 3 is 2.44 bits per heavy atom. The highest BCUT2D eigenvalue weighted by atomic mass is 19.3. The first-order valence-corrected chi connectivity index (χ1v) is 3.08. The van der Waals surface area contributed by atoms with Gasteiger partial charge in [0.05, 0.1) is 6.61 Å². The quantitative estimate of drug-likeness (QED) is 0.529. The summed E-state index contributed by atoms with van der Waals surface area (Å²) in [6.07, 6.45) is 2.69. The summed E-state index contributed by atoms with van der Waals surface area (Å²) >= 11 is 0. The average Bonchev–Trinajstić information content (AvgIpc) is 1.80. The second-order valence-corrected chi connectivity index (χ2v) is 1.78. The zero-order valence-corrected chi connectivity index (χ0v) is 5.49. The minimum absolute atomic E-state index is 0.149. The summed E-state index contributed by atoms with van der Waals surface area (Å²) in [4.78, 5) is 0. The summed E-state index contributed by atoms with van der Waals surface area (Å²) in [5, 5.41) is 0. The lowest BCUT2D eigenvalue weighted by molar-refractivity contribution is -0.0205. The molecular weight excluding hydrogens is 126 g/mol. The van der Waals surface area contributed by atoms with E-state index in [0.717, 1.165) is 12.8 Å². The zero-order chi connectivity index (χ0) is 7.11. The predicted octanol–water partition coefficient (Wildman–Crippen LogP) is 2.58. The van der Waals surface area contributed by atoms with Crippen molar-refractivity contribution >= 4 is 0 Å². The fourth-order valence-electron chi connectivity index (χ4n) is 0.501. The molecule has 0 saturated heterocycles. The summed E-state index contributed by atoms with van der Waals surface area (Å²) in [5.74, 6) is 0. The van der Waals surface area contributed by atoms with Gasteiger partial charge in [-0.15, -0.1) is 0 Å². The third-order valence-electron chi connectivity index (χ3n) is 0.959. The van der Waals surface area contributed by atoms with E-state index in [1.807, 2.05) is 6.92 Å². The molecule has 0 N–H and O–H groups in total. The minimum Gasteiger partial charge on any atom is -0.313 e. The molecule has 0 amide bonds. The van der Waals surface area contributed by atoms with Crippen LogP contribution >= 0.6 is 0 Å². The van der Waals surface area contributed by atoms with Crippen LogP contribution in [0.2, 0.25) is 0 Å². The Kier molecular flexibility index (Phi) is 5.83.